The van der Waals surface area contributed by atoms with Gasteiger partial charge in [0.25, 0.3) is 0 Å². The van der Waals surface area contributed by atoms with Crippen molar-refractivity contribution in [2.45, 2.75) is 25.4 Å². The minimum Gasteiger partial charge on any atom is -0.387 e. The summed E-state index contributed by atoms with van der Waals surface area (Å²) in [6, 6.07) is 0. The first-order valence-electron chi connectivity index (χ1n) is 4.16. The molecule has 0 aromatic carbocycles. The van der Waals surface area contributed by atoms with Gasteiger partial charge in [0.1, 0.15) is 6.67 Å². The van der Waals surface area contributed by atoms with Gasteiger partial charge in [0, 0.05) is 0 Å². The first-order chi connectivity index (χ1) is 5.17. The van der Waals surface area contributed by atoms with Crippen LogP contribution in [0.5, 0.6) is 0 Å². The Kier molecular flexibility index (Phi) is 2.84. The van der Waals surface area contributed by atoms with Crippen molar-refractivity contribution in [2.75, 3.05) is 19.8 Å². The van der Waals surface area contributed by atoms with Crippen molar-refractivity contribution >= 4 is 0 Å². The molecule has 2 nitrogen and oxygen atoms in total. The van der Waals surface area contributed by atoms with Gasteiger partial charge >= 0.3 is 0 Å². The second kappa shape index (κ2) is 3.50. The lowest BCUT2D eigenvalue weighted by molar-refractivity contribution is -0.0325. The fourth-order valence-corrected chi connectivity index (χ4v) is 1.55. The zero-order valence-electron chi connectivity index (χ0n) is 6.94. The Morgan fingerprint density at radius 3 is 2.55 bits per heavy atom. The molecule has 0 aromatic heterocycles. The van der Waals surface area contributed by atoms with Gasteiger partial charge in [-0.1, -0.05) is 0 Å². The third kappa shape index (κ3) is 2.14. The number of alkyl halides is 1. The number of hydrogen-bond donors (Lipinski definition) is 2. The molecule has 0 saturated carbocycles. The van der Waals surface area contributed by atoms with E-state index >= 15 is 0 Å². The lowest BCUT2D eigenvalue weighted by Gasteiger charge is -2.33. The normalized spacial score (nSPS) is 26.5. The molecule has 1 fully saturated rings. The van der Waals surface area contributed by atoms with Crippen molar-refractivity contribution < 1.29 is 9.50 Å². The molecule has 0 amide bonds. The number of halogens is 1. The van der Waals surface area contributed by atoms with Crippen molar-refractivity contribution in [2.24, 2.45) is 5.92 Å². The largest absolute Gasteiger partial charge is 0.387 e. The highest BCUT2D eigenvalue weighted by atomic mass is 19.1. The van der Waals surface area contributed by atoms with Crippen LogP contribution in [0.1, 0.15) is 19.8 Å². The van der Waals surface area contributed by atoms with Crippen LogP contribution in [0.4, 0.5) is 4.39 Å². The lowest BCUT2D eigenvalue weighted by atomic mass is 9.83. The van der Waals surface area contributed by atoms with Gasteiger partial charge in [0.05, 0.1) is 5.60 Å². The summed E-state index contributed by atoms with van der Waals surface area (Å²) in [5, 5.41) is 12.7. The third-order valence-corrected chi connectivity index (χ3v) is 2.49. The van der Waals surface area contributed by atoms with Gasteiger partial charge in [0.2, 0.25) is 0 Å². The summed E-state index contributed by atoms with van der Waals surface area (Å²) in [4.78, 5) is 0. The smallest absolute Gasteiger partial charge is 0.118 e. The Labute approximate surface area is 66.8 Å². The highest BCUT2D eigenvalue weighted by molar-refractivity contribution is 4.84. The zero-order chi connectivity index (χ0) is 8.32. The molecule has 66 valence electrons. The molecule has 1 rings (SSSR count). The maximum Gasteiger partial charge on any atom is 0.118 e. The van der Waals surface area contributed by atoms with Crippen molar-refractivity contribution in [3.05, 3.63) is 0 Å². The monoisotopic (exact) mass is 161 g/mol. The summed E-state index contributed by atoms with van der Waals surface area (Å²) in [5.41, 5.74) is -1.10. The number of piperidine rings is 1. The second-order valence-electron chi connectivity index (χ2n) is 3.52. The summed E-state index contributed by atoms with van der Waals surface area (Å²) in [6.07, 6.45) is 1.77. The zero-order valence-corrected chi connectivity index (χ0v) is 6.94. The van der Waals surface area contributed by atoms with E-state index in [-0.39, 0.29) is 5.92 Å². The van der Waals surface area contributed by atoms with Gasteiger partial charge in [0.15, 0.2) is 0 Å². The summed E-state index contributed by atoms with van der Waals surface area (Å²) in [6.45, 7) is 2.77. The summed E-state index contributed by atoms with van der Waals surface area (Å²) in [7, 11) is 0. The maximum absolute atomic E-state index is 12.3. The van der Waals surface area contributed by atoms with Crippen LogP contribution in [0, 0.1) is 5.92 Å². The molecule has 11 heavy (non-hydrogen) atoms. The molecular formula is C8H16FNO. The fourth-order valence-electron chi connectivity index (χ4n) is 1.55. The van der Waals surface area contributed by atoms with E-state index in [4.69, 9.17) is 0 Å². The highest BCUT2D eigenvalue weighted by Crippen LogP contribution is 2.25. The standard InChI is InChI=1S/C8H16FNO/c1-8(11,6-9)7-2-4-10-5-3-7/h7,10-11H,2-6H2,1H3. The first-order valence-corrected chi connectivity index (χ1v) is 4.16. The number of aliphatic hydroxyl groups is 1. The lowest BCUT2D eigenvalue weighted by Crippen LogP contribution is -2.43. The van der Waals surface area contributed by atoms with E-state index in [9.17, 15) is 9.50 Å². The van der Waals surface area contributed by atoms with Gasteiger partial charge in [-0.3, -0.25) is 0 Å². The summed E-state index contributed by atoms with van der Waals surface area (Å²) in [5.74, 6) is 0.133. The minimum atomic E-state index is -1.10. The van der Waals surface area contributed by atoms with Crippen molar-refractivity contribution in [1.82, 2.24) is 5.32 Å². The van der Waals surface area contributed by atoms with Gasteiger partial charge in [-0.05, 0) is 38.8 Å². The Hall–Kier alpha value is -0.150. The van der Waals surface area contributed by atoms with Crippen LogP contribution in [0.25, 0.3) is 0 Å². The van der Waals surface area contributed by atoms with Gasteiger partial charge in [-0.15, -0.1) is 0 Å². The van der Waals surface area contributed by atoms with E-state index in [1.807, 2.05) is 0 Å². The number of rotatable bonds is 2. The fraction of sp³-hybridized carbons (Fsp3) is 1.00. The number of nitrogens with one attached hydrogen (secondary N) is 1. The quantitative estimate of drug-likeness (QED) is 0.625. The van der Waals surface area contributed by atoms with Gasteiger partial charge in [-0.25, -0.2) is 4.39 Å². The summed E-state index contributed by atoms with van der Waals surface area (Å²) >= 11 is 0. The Morgan fingerprint density at radius 1 is 1.55 bits per heavy atom. The van der Waals surface area contributed by atoms with Gasteiger partial charge < -0.3 is 10.4 Å². The van der Waals surface area contributed by atoms with E-state index in [1.165, 1.54) is 0 Å². The number of hydrogen-bond acceptors (Lipinski definition) is 2. The van der Waals surface area contributed by atoms with Crippen LogP contribution in [0.15, 0.2) is 0 Å². The van der Waals surface area contributed by atoms with Gasteiger partial charge in [-0.2, -0.15) is 0 Å². The molecule has 0 aliphatic carbocycles. The predicted molar refractivity (Wildman–Crippen MR) is 42.2 cm³/mol. The van der Waals surface area contributed by atoms with Crippen LogP contribution in [-0.2, 0) is 0 Å². The van der Waals surface area contributed by atoms with E-state index in [2.05, 4.69) is 5.32 Å². The first kappa shape index (κ1) is 8.94. The van der Waals surface area contributed by atoms with Crippen molar-refractivity contribution in [3.63, 3.8) is 0 Å². The minimum absolute atomic E-state index is 0.133. The molecule has 1 heterocycles. The molecule has 0 bridgehead atoms. The third-order valence-electron chi connectivity index (χ3n) is 2.49. The molecule has 1 unspecified atom stereocenters. The van der Waals surface area contributed by atoms with E-state index in [0.717, 1.165) is 25.9 Å². The van der Waals surface area contributed by atoms with E-state index in [1.54, 1.807) is 6.92 Å². The van der Waals surface area contributed by atoms with Crippen LogP contribution >= 0.6 is 0 Å². The molecule has 3 heteroatoms. The topological polar surface area (TPSA) is 32.3 Å². The molecule has 0 radical (unpaired) electrons. The molecule has 1 aliphatic heterocycles. The van der Waals surface area contributed by atoms with Crippen molar-refractivity contribution in [3.8, 4) is 0 Å². The van der Waals surface area contributed by atoms with E-state index in [0.29, 0.717) is 0 Å². The molecule has 2 N–H and O–H groups in total. The molecular weight excluding hydrogens is 145 g/mol. The highest BCUT2D eigenvalue weighted by Gasteiger charge is 2.32. The molecule has 1 atom stereocenters. The maximum atomic E-state index is 12.3. The molecule has 0 aromatic rings. The Morgan fingerprint density at radius 2 is 2.09 bits per heavy atom. The molecule has 1 saturated heterocycles. The van der Waals surface area contributed by atoms with E-state index < -0.39 is 12.3 Å². The van der Waals surface area contributed by atoms with Crippen LogP contribution in [0.2, 0.25) is 0 Å². The predicted octanol–water partition coefficient (Wildman–Crippen LogP) is 0.707. The van der Waals surface area contributed by atoms with Crippen LogP contribution < -0.4 is 5.32 Å². The van der Waals surface area contributed by atoms with Crippen molar-refractivity contribution in [1.29, 1.82) is 0 Å². The molecule has 0 spiro atoms. The second-order valence-corrected chi connectivity index (χ2v) is 3.52. The summed E-state index contributed by atoms with van der Waals surface area (Å²) < 4.78 is 12.3. The Bertz CT molecular complexity index is 121. The average Bonchev–Trinajstić information content (AvgIpc) is 2.06. The van der Waals surface area contributed by atoms with Crippen LogP contribution in [0.3, 0.4) is 0 Å². The Balaban J connectivity index is 2.43. The molecule has 1 aliphatic rings. The average molecular weight is 161 g/mol. The SMILES string of the molecule is CC(O)(CF)C1CCNCC1. The van der Waals surface area contributed by atoms with Crippen LogP contribution in [-0.4, -0.2) is 30.5 Å².